The first-order valence-corrected chi connectivity index (χ1v) is 7.79. The number of halogens is 1. The lowest BCUT2D eigenvalue weighted by Gasteiger charge is -2.31. The van der Waals surface area contributed by atoms with E-state index >= 15 is 0 Å². The summed E-state index contributed by atoms with van der Waals surface area (Å²) in [5.74, 6) is 1.73. The van der Waals surface area contributed by atoms with Crippen LogP contribution in [0.4, 0.5) is 0 Å². The van der Waals surface area contributed by atoms with Crippen LogP contribution in [-0.2, 0) is 11.2 Å². The molecule has 2 aliphatic heterocycles. The molecule has 3 rings (SSSR count). The van der Waals surface area contributed by atoms with E-state index in [1.807, 2.05) is 7.05 Å². The second-order valence-electron chi connectivity index (χ2n) is 5.30. The van der Waals surface area contributed by atoms with Crippen LogP contribution in [-0.4, -0.2) is 26.9 Å². The van der Waals surface area contributed by atoms with Gasteiger partial charge in [0.2, 0.25) is 0 Å². The molecule has 104 valence electrons. The maximum atomic E-state index is 5.87. The average molecular weight is 326 g/mol. The molecule has 0 amide bonds. The van der Waals surface area contributed by atoms with Crippen LogP contribution in [0, 0.1) is 5.92 Å². The molecule has 1 aromatic rings. The summed E-state index contributed by atoms with van der Waals surface area (Å²) < 4.78 is 12.5. The molecule has 1 atom stereocenters. The third-order valence-corrected chi connectivity index (χ3v) is 4.62. The summed E-state index contributed by atoms with van der Waals surface area (Å²) >= 11 is 3.63. The van der Waals surface area contributed by atoms with Crippen molar-refractivity contribution in [2.45, 2.75) is 25.3 Å². The molecule has 1 unspecified atom stereocenters. The minimum atomic E-state index is 0.355. The van der Waals surface area contributed by atoms with Crippen molar-refractivity contribution in [2.75, 3.05) is 26.9 Å². The minimum Gasteiger partial charge on any atom is -0.493 e. The number of hydrogen-bond acceptors (Lipinski definition) is 3. The van der Waals surface area contributed by atoms with Crippen LogP contribution in [0.2, 0.25) is 0 Å². The molecule has 3 nitrogen and oxygen atoms in total. The largest absolute Gasteiger partial charge is 0.493 e. The fourth-order valence-corrected chi connectivity index (χ4v) is 3.75. The van der Waals surface area contributed by atoms with Crippen molar-refractivity contribution in [3.63, 3.8) is 0 Å². The van der Waals surface area contributed by atoms with Gasteiger partial charge in [-0.3, -0.25) is 0 Å². The first-order valence-electron chi connectivity index (χ1n) is 6.99. The molecule has 1 N–H and O–H groups in total. The lowest BCUT2D eigenvalue weighted by atomic mass is 9.86. The Hall–Kier alpha value is -0.580. The van der Waals surface area contributed by atoms with Crippen molar-refractivity contribution < 1.29 is 9.47 Å². The van der Waals surface area contributed by atoms with Gasteiger partial charge in [0.15, 0.2) is 0 Å². The average Bonchev–Trinajstić information content (AvgIpc) is 2.89. The molecule has 1 aromatic carbocycles. The van der Waals surface area contributed by atoms with Crippen LogP contribution in [0.3, 0.4) is 0 Å². The summed E-state index contributed by atoms with van der Waals surface area (Å²) in [5, 5.41) is 3.49. The summed E-state index contributed by atoms with van der Waals surface area (Å²) in [6.07, 6.45) is 3.26. The third-order valence-electron chi connectivity index (χ3n) is 4.16. The highest BCUT2D eigenvalue weighted by molar-refractivity contribution is 9.10. The highest BCUT2D eigenvalue weighted by Crippen LogP contribution is 2.40. The Labute approximate surface area is 122 Å². The zero-order chi connectivity index (χ0) is 13.2. The zero-order valence-corrected chi connectivity index (χ0v) is 12.8. The van der Waals surface area contributed by atoms with Gasteiger partial charge in [-0.1, -0.05) is 15.9 Å². The van der Waals surface area contributed by atoms with Crippen molar-refractivity contribution in [2.24, 2.45) is 5.92 Å². The van der Waals surface area contributed by atoms with Crippen LogP contribution in [0.5, 0.6) is 5.75 Å². The SMILES string of the molecule is CNC(c1cc(Br)cc2c1OCC2)C1CCOCC1. The molecule has 1 saturated heterocycles. The Morgan fingerprint density at radius 2 is 2.05 bits per heavy atom. The van der Waals surface area contributed by atoms with Gasteiger partial charge < -0.3 is 14.8 Å². The smallest absolute Gasteiger partial charge is 0.127 e. The lowest BCUT2D eigenvalue weighted by molar-refractivity contribution is 0.0543. The van der Waals surface area contributed by atoms with E-state index in [1.165, 1.54) is 11.1 Å². The molecule has 0 spiro atoms. The van der Waals surface area contributed by atoms with Gasteiger partial charge in [-0.25, -0.2) is 0 Å². The van der Waals surface area contributed by atoms with E-state index < -0.39 is 0 Å². The maximum absolute atomic E-state index is 5.87. The predicted molar refractivity (Wildman–Crippen MR) is 78.7 cm³/mol. The van der Waals surface area contributed by atoms with Crippen molar-refractivity contribution >= 4 is 15.9 Å². The summed E-state index contributed by atoms with van der Waals surface area (Å²) in [6, 6.07) is 4.75. The molecule has 4 heteroatoms. The molecular weight excluding hydrogens is 306 g/mol. The summed E-state index contributed by atoms with van der Waals surface area (Å²) in [5.41, 5.74) is 2.63. The van der Waals surface area contributed by atoms with Crippen LogP contribution in [0.1, 0.15) is 30.0 Å². The number of nitrogens with one attached hydrogen (secondary N) is 1. The minimum absolute atomic E-state index is 0.355. The van der Waals surface area contributed by atoms with Crippen LogP contribution in [0.25, 0.3) is 0 Å². The second kappa shape index (κ2) is 5.81. The van der Waals surface area contributed by atoms with E-state index in [2.05, 4.69) is 33.4 Å². The van der Waals surface area contributed by atoms with Crippen LogP contribution in [0.15, 0.2) is 16.6 Å². The molecule has 2 aliphatic rings. The van der Waals surface area contributed by atoms with Gasteiger partial charge in [0.05, 0.1) is 6.61 Å². The van der Waals surface area contributed by atoms with Gasteiger partial charge in [-0.2, -0.15) is 0 Å². The highest BCUT2D eigenvalue weighted by atomic mass is 79.9. The van der Waals surface area contributed by atoms with Gasteiger partial charge in [0, 0.05) is 35.7 Å². The zero-order valence-electron chi connectivity index (χ0n) is 11.2. The van der Waals surface area contributed by atoms with E-state index in [-0.39, 0.29) is 0 Å². The highest BCUT2D eigenvalue weighted by Gasteiger charge is 2.29. The molecule has 2 heterocycles. The molecule has 1 fully saturated rings. The van der Waals surface area contributed by atoms with Gasteiger partial charge in [0.25, 0.3) is 0 Å². The predicted octanol–water partition coefficient (Wildman–Crippen LogP) is 3.07. The van der Waals surface area contributed by atoms with E-state index in [9.17, 15) is 0 Å². The third kappa shape index (κ3) is 2.67. The number of ether oxygens (including phenoxy) is 2. The number of rotatable bonds is 3. The van der Waals surface area contributed by atoms with Gasteiger partial charge in [-0.05, 0) is 43.5 Å². The molecule has 0 bridgehead atoms. The number of hydrogen-bond donors (Lipinski definition) is 1. The molecule has 0 aromatic heterocycles. The van der Waals surface area contributed by atoms with Gasteiger partial charge in [-0.15, -0.1) is 0 Å². The van der Waals surface area contributed by atoms with Crippen molar-refractivity contribution in [1.29, 1.82) is 0 Å². The van der Waals surface area contributed by atoms with Crippen LogP contribution < -0.4 is 10.1 Å². The fraction of sp³-hybridized carbons (Fsp3) is 0.600. The fourth-order valence-electron chi connectivity index (χ4n) is 3.22. The van der Waals surface area contributed by atoms with E-state index in [1.54, 1.807) is 0 Å². The number of fused-ring (bicyclic) bond motifs is 1. The van der Waals surface area contributed by atoms with E-state index in [0.29, 0.717) is 12.0 Å². The molecule has 0 saturated carbocycles. The van der Waals surface area contributed by atoms with Crippen molar-refractivity contribution in [1.82, 2.24) is 5.32 Å². The summed E-state index contributed by atoms with van der Waals surface area (Å²) in [4.78, 5) is 0. The maximum Gasteiger partial charge on any atom is 0.127 e. The van der Waals surface area contributed by atoms with Crippen LogP contribution >= 0.6 is 15.9 Å². The normalized spacial score (nSPS) is 20.9. The Bertz CT molecular complexity index is 458. The topological polar surface area (TPSA) is 30.5 Å². The summed E-state index contributed by atoms with van der Waals surface area (Å²) in [7, 11) is 2.04. The Morgan fingerprint density at radius 3 is 2.79 bits per heavy atom. The second-order valence-corrected chi connectivity index (χ2v) is 6.21. The van der Waals surface area contributed by atoms with Gasteiger partial charge in [0.1, 0.15) is 5.75 Å². The van der Waals surface area contributed by atoms with E-state index in [0.717, 1.165) is 49.3 Å². The number of benzene rings is 1. The van der Waals surface area contributed by atoms with E-state index in [4.69, 9.17) is 9.47 Å². The Morgan fingerprint density at radius 1 is 1.26 bits per heavy atom. The molecule has 19 heavy (non-hydrogen) atoms. The quantitative estimate of drug-likeness (QED) is 0.926. The Balaban J connectivity index is 1.94. The molecule has 0 radical (unpaired) electrons. The Kier molecular flexibility index (Phi) is 4.10. The van der Waals surface area contributed by atoms with Crippen molar-refractivity contribution in [3.05, 3.63) is 27.7 Å². The molecular formula is C15H20BrNO2. The monoisotopic (exact) mass is 325 g/mol. The standard InChI is InChI=1S/C15H20BrNO2/c1-17-14(10-2-5-18-6-3-10)13-9-12(16)8-11-4-7-19-15(11)13/h8-10,14,17H,2-7H2,1H3. The van der Waals surface area contributed by atoms with Crippen molar-refractivity contribution in [3.8, 4) is 5.75 Å². The first-order chi connectivity index (χ1) is 9.29. The summed E-state index contributed by atoms with van der Waals surface area (Å²) in [6.45, 7) is 2.56. The van der Waals surface area contributed by atoms with Gasteiger partial charge >= 0.3 is 0 Å². The lowest BCUT2D eigenvalue weighted by Crippen LogP contribution is -2.30. The first kappa shape index (κ1) is 13.4. The molecule has 0 aliphatic carbocycles.